The molecule has 0 aliphatic heterocycles. The van der Waals surface area contributed by atoms with Crippen molar-refractivity contribution in [2.75, 3.05) is 6.54 Å². The second-order valence-corrected chi connectivity index (χ2v) is 6.21. The van der Waals surface area contributed by atoms with E-state index in [0.29, 0.717) is 6.42 Å². The predicted molar refractivity (Wildman–Crippen MR) is 89.9 cm³/mol. The van der Waals surface area contributed by atoms with Gasteiger partial charge < -0.3 is 10.4 Å². The van der Waals surface area contributed by atoms with Crippen LogP contribution in [0.4, 0.5) is 0 Å². The molecule has 3 aromatic rings. The Balaban J connectivity index is 1.60. The minimum absolute atomic E-state index is 0.0673. The van der Waals surface area contributed by atoms with Crippen LogP contribution in [0.25, 0.3) is 10.8 Å². The Morgan fingerprint density at radius 3 is 2.68 bits per heavy atom. The van der Waals surface area contributed by atoms with Crippen molar-refractivity contribution in [1.29, 1.82) is 0 Å². The van der Waals surface area contributed by atoms with E-state index in [2.05, 4.69) is 5.32 Å². The number of fused-ring (bicyclic) bond motifs is 1. The van der Waals surface area contributed by atoms with Crippen molar-refractivity contribution in [1.82, 2.24) is 5.32 Å². The van der Waals surface area contributed by atoms with Crippen LogP contribution in [0.2, 0.25) is 0 Å². The Morgan fingerprint density at radius 1 is 1.09 bits per heavy atom. The highest BCUT2D eigenvalue weighted by Gasteiger charge is 2.10. The molecule has 3 rings (SSSR count). The molecule has 0 radical (unpaired) electrons. The van der Waals surface area contributed by atoms with Gasteiger partial charge in [-0.2, -0.15) is 0 Å². The van der Waals surface area contributed by atoms with Gasteiger partial charge in [0.05, 0.1) is 12.5 Å². The molecule has 2 N–H and O–H groups in total. The van der Waals surface area contributed by atoms with Gasteiger partial charge in [0.25, 0.3) is 0 Å². The number of rotatable bonds is 5. The van der Waals surface area contributed by atoms with E-state index in [1.54, 1.807) is 11.3 Å². The molecule has 1 atom stereocenters. The molecular weight excluding hydrogens is 294 g/mol. The Labute approximate surface area is 133 Å². The van der Waals surface area contributed by atoms with E-state index >= 15 is 0 Å². The first kappa shape index (κ1) is 14.8. The molecule has 2 aromatic carbocycles. The number of hydrogen-bond donors (Lipinski definition) is 2. The van der Waals surface area contributed by atoms with Crippen molar-refractivity contribution in [3.05, 3.63) is 70.4 Å². The highest BCUT2D eigenvalue weighted by molar-refractivity contribution is 7.10. The Hall–Kier alpha value is -2.17. The summed E-state index contributed by atoms with van der Waals surface area (Å²) in [4.78, 5) is 12.9. The number of amides is 1. The molecule has 0 aliphatic carbocycles. The number of thiophene rings is 1. The van der Waals surface area contributed by atoms with Crippen LogP contribution in [0.15, 0.2) is 60.0 Å². The van der Waals surface area contributed by atoms with Crippen LogP contribution in [-0.2, 0) is 11.2 Å². The van der Waals surface area contributed by atoms with Crippen molar-refractivity contribution in [2.24, 2.45) is 0 Å². The van der Waals surface area contributed by atoms with Gasteiger partial charge in [0, 0.05) is 11.4 Å². The average molecular weight is 311 g/mol. The second-order valence-electron chi connectivity index (χ2n) is 5.18. The van der Waals surface area contributed by atoms with Crippen LogP contribution in [-0.4, -0.2) is 17.6 Å². The third kappa shape index (κ3) is 3.53. The zero-order valence-corrected chi connectivity index (χ0v) is 12.8. The lowest BCUT2D eigenvalue weighted by molar-refractivity contribution is -0.120. The molecule has 0 aliphatic rings. The van der Waals surface area contributed by atoms with E-state index in [1.807, 2.05) is 60.0 Å². The van der Waals surface area contributed by atoms with Gasteiger partial charge in [-0.15, -0.1) is 11.3 Å². The van der Waals surface area contributed by atoms with Gasteiger partial charge in [0.2, 0.25) is 5.91 Å². The molecule has 0 spiro atoms. The maximum Gasteiger partial charge on any atom is 0.225 e. The lowest BCUT2D eigenvalue weighted by atomic mass is 10.0. The highest BCUT2D eigenvalue weighted by atomic mass is 32.1. The molecule has 0 saturated carbocycles. The fraction of sp³-hybridized carbons (Fsp3) is 0.167. The number of hydrogen-bond acceptors (Lipinski definition) is 3. The van der Waals surface area contributed by atoms with Crippen LogP contribution in [0, 0.1) is 0 Å². The quantitative estimate of drug-likeness (QED) is 0.759. The molecule has 1 heterocycles. The van der Waals surface area contributed by atoms with Crippen molar-refractivity contribution < 1.29 is 9.90 Å². The molecule has 0 fully saturated rings. The lowest BCUT2D eigenvalue weighted by Crippen LogP contribution is -2.29. The van der Waals surface area contributed by atoms with Gasteiger partial charge in [0.15, 0.2) is 0 Å². The zero-order chi connectivity index (χ0) is 15.4. The van der Waals surface area contributed by atoms with Gasteiger partial charge in [-0.1, -0.05) is 42.5 Å². The molecule has 112 valence electrons. The van der Waals surface area contributed by atoms with Gasteiger partial charge in [-0.25, -0.2) is 0 Å². The fourth-order valence-corrected chi connectivity index (χ4v) is 3.08. The monoisotopic (exact) mass is 311 g/mol. The fourth-order valence-electron chi connectivity index (χ4n) is 2.38. The number of nitrogens with one attached hydrogen (secondary N) is 1. The number of benzene rings is 2. The molecule has 4 heteroatoms. The molecule has 3 nitrogen and oxygen atoms in total. The number of aliphatic hydroxyl groups is 1. The molecule has 0 bridgehead atoms. The summed E-state index contributed by atoms with van der Waals surface area (Å²) in [6.07, 6.45) is -0.334. The minimum Gasteiger partial charge on any atom is -0.387 e. The first-order chi connectivity index (χ1) is 10.7. The van der Waals surface area contributed by atoms with E-state index in [4.69, 9.17) is 0 Å². The van der Waals surface area contributed by atoms with Crippen molar-refractivity contribution in [3.8, 4) is 0 Å². The normalized spacial score (nSPS) is 12.2. The molecule has 0 saturated heterocycles. The summed E-state index contributed by atoms with van der Waals surface area (Å²) in [5.74, 6) is -0.0673. The van der Waals surface area contributed by atoms with Crippen LogP contribution in [0.3, 0.4) is 0 Å². The third-order valence-corrected chi connectivity index (χ3v) is 4.44. The summed E-state index contributed by atoms with van der Waals surface area (Å²) >= 11 is 1.56. The van der Waals surface area contributed by atoms with Gasteiger partial charge in [-0.05, 0) is 33.8 Å². The summed E-state index contributed by atoms with van der Waals surface area (Å²) < 4.78 is 0. The number of aliphatic hydroxyl groups excluding tert-OH is 1. The second kappa shape index (κ2) is 6.73. The third-order valence-electron chi connectivity index (χ3n) is 3.57. The van der Waals surface area contributed by atoms with Crippen molar-refractivity contribution in [3.63, 3.8) is 0 Å². The summed E-state index contributed by atoms with van der Waals surface area (Å²) in [6, 6.07) is 17.7. The molecule has 1 amide bonds. The van der Waals surface area contributed by atoms with Gasteiger partial charge in [0.1, 0.15) is 0 Å². The lowest BCUT2D eigenvalue weighted by Gasteiger charge is -2.13. The molecule has 1 unspecified atom stereocenters. The van der Waals surface area contributed by atoms with Crippen LogP contribution in [0.1, 0.15) is 16.5 Å². The minimum atomic E-state index is -0.697. The van der Waals surface area contributed by atoms with Gasteiger partial charge in [-0.3, -0.25) is 4.79 Å². The van der Waals surface area contributed by atoms with E-state index in [0.717, 1.165) is 21.2 Å². The molecule has 22 heavy (non-hydrogen) atoms. The largest absolute Gasteiger partial charge is 0.387 e. The van der Waals surface area contributed by atoms with Crippen LogP contribution < -0.4 is 5.32 Å². The standard InChI is InChI=1S/C18H17NO2S/c20-17(12-19-18(21)11-16-6-3-9-22-16)15-8-7-13-4-1-2-5-14(13)10-15/h1-10,17,20H,11-12H2,(H,19,21). The topological polar surface area (TPSA) is 49.3 Å². The predicted octanol–water partition coefficient (Wildman–Crippen LogP) is 3.29. The maximum absolute atomic E-state index is 11.8. The maximum atomic E-state index is 11.8. The number of carbonyl (C=O) groups excluding carboxylic acids is 1. The van der Waals surface area contributed by atoms with Gasteiger partial charge >= 0.3 is 0 Å². The van der Waals surface area contributed by atoms with E-state index in [9.17, 15) is 9.90 Å². The van der Waals surface area contributed by atoms with E-state index < -0.39 is 6.10 Å². The summed E-state index contributed by atoms with van der Waals surface area (Å²) in [6.45, 7) is 0.225. The van der Waals surface area contributed by atoms with Crippen LogP contribution in [0.5, 0.6) is 0 Å². The molecular formula is C18H17NO2S. The summed E-state index contributed by atoms with van der Waals surface area (Å²) in [5.41, 5.74) is 0.815. The van der Waals surface area contributed by atoms with Crippen molar-refractivity contribution >= 4 is 28.0 Å². The molecule has 1 aromatic heterocycles. The Kier molecular flexibility index (Phi) is 4.51. The zero-order valence-electron chi connectivity index (χ0n) is 12.0. The Bertz CT molecular complexity index is 768. The Morgan fingerprint density at radius 2 is 1.91 bits per heavy atom. The smallest absolute Gasteiger partial charge is 0.225 e. The van der Waals surface area contributed by atoms with E-state index in [-0.39, 0.29) is 12.5 Å². The average Bonchev–Trinajstić information content (AvgIpc) is 3.05. The highest BCUT2D eigenvalue weighted by Crippen LogP contribution is 2.20. The van der Waals surface area contributed by atoms with Crippen LogP contribution >= 0.6 is 11.3 Å². The number of carbonyl (C=O) groups is 1. The summed E-state index contributed by atoms with van der Waals surface area (Å²) in [5, 5.41) is 17.2. The first-order valence-corrected chi connectivity index (χ1v) is 8.06. The SMILES string of the molecule is O=C(Cc1cccs1)NCC(O)c1ccc2ccccc2c1. The van der Waals surface area contributed by atoms with E-state index in [1.165, 1.54) is 0 Å². The summed E-state index contributed by atoms with van der Waals surface area (Å²) in [7, 11) is 0. The van der Waals surface area contributed by atoms with Crippen molar-refractivity contribution in [2.45, 2.75) is 12.5 Å². The first-order valence-electron chi connectivity index (χ1n) is 7.18.